The van der Waals surface area contributed by atoms with Crippen molar-refractivity contribution in [2.75, 3.05) is 18.6 Å². The maximum atomic E-state index is 4.34. The Morgan fingerprint density at radius 3 is 2.56 bits per heavy atom. The molecule has 0 aliphatic heterocycles. The van der Waals surface area contributed by atoms with Crippen molar-refractivity contribution in [2.24, 2.45) is 5.92 Å². The van der Waals surface area contributed by atoms with E-state index in [2.05, 4.69) is 36.3 Å². The lowest BCUT2D eigenvalue weighted by Gasteiger charge is -2.16. The van der Waals surface area contributed by atoms with Crippen LogP contribution >= 0.6 is 11.8 Å². The number of nitrogens with zero attached hydrogens (tertiary/aromatic N) is 1. The fourth-order valence-corrected chi connectivity index (χ4v) is 2.66. The van der Waals surface area contributed by atoms with Gasteiger partial charge in [-0.15, -0.1) is 0 Å². The van der Waals surface area contributed by atoms with Crippen LogP contribution < -0.4 is 5.32 Å². The first-order valence-corrected chi connectivity index (χ1v) is 6.96. The summed E-state index contributed by atoms with van der Waals surface area (Å²) in [6, 6.07) is 4.66. The maximum Gasteiger partial charge on any atom is 0.0424 e. The quantitative estimate of drug-likeness (QED) is 0.824. The van der Waals surface area contributed by atoms with Crippen molar-refractivity contribution < 1.29 is 0 Å². The normalized spacial score (nSPS) is 13.1. The van der Waals surface area contributed by atoms with Gasteiger partial charge in [-0.3, -0.25) is 4.98 Å². The zero-order chi connectivity index (χ0) is 12.0. The van der Waals surface area contributed by atoms with Crippen molar-refractivity contribution in [2.45, 2.75) is 26.8 Å². The molecule has 0 aromatic carbocycles. The third-order valence-corrected chi connectivity index (χ3v) is 3.89. The van der Waals surface area contributed by atoms with Gasteiger partial charge in [0.05, 0.1) is 0 Å². The monoisotopic (exact) mass is 238 g/mol. The Kier molecular flexibility index (Phi) is 5.85. The van der Waals surface area contributed by atoms with Crippen LogP contribution in [-0.4, -0.2) is 23.5 Å². The molecule has 90 valence electrons. The highest BCUT2D eigenvalue weighted by molar-refractivity contribution is 7.99. The molecule has 0 radical (unpaired) electrons. The van der Waals surface area contributed by atoms with Gasteiger partial charge in [-0.2, -0.15) is 11.8 Å². The third-order valence-electron chi connectivity index (χ3n) is 2.42. The first-order valence-electron chi connectivity index (χ1n) is 5.81. The number of aryl methyl sites for hydroxylation is 1. The first-order chi connectivity index (χ1) is 7.63. The van der Waals surface area contributed by atoms with E-state index in [-0.39, 0.29) is 0 Å². The van der Waals surface area contributed by atoms with E-state index in [1.54, 1.807) is 0 Å². The van der Waals surface area contributed by atoms with Crippen molar-refractivity contribution in [1.82, 2.24) is 10.3 Å². The molecule has 0 amide bonds. The Morgan fingerprint density at radius 2 is 2.06 bits per heavy atom. The van der Waals surface area contributed by atoms with Crippen molar-refractivity contribution in [3.05, 3.63) is 29.6 Å². The molecule has 0 bridgehead atoms. The van der Waals surface area contributed by atoms with E-state index in [9.17, 15) is 0 Å². The van der Waals surface area contributed by atoms with Crippen LogP contribution in [0.15, 0.2) is 18.3 Å². The molecule has 16 heavy (non-hydrogen) atoms. The van der Waals surface area contributed by atoms with Gasteiger partial charge in [-0.25, -0.2) is 0 Å². The van der Waals surface area contributed by atoms with Crippen molar-refractivity contribution in [1.29, 1.82) is 0 Å². The molecule has 0 spiro atoms. The largest absolute Gasteiger partial charge is 0.312 e. The summed E-state index contributed by atoms with van der Waals surface area (Å²) in [5.74, 6) is 3.09. The molecule has 1 heterocycles. The van der Waals surface area contributed by atoms with Gasteiger partial charge in [0.1, 0.15) is 0 Å². The number of rotatable bonds is 6. The van der Waals surface area contributed by atoms with Crippen molar-refractivity contribution in [3.63, 3.8) is 0 Å². The summed E-state index contributed by atoms with van der Waals surface area (Å²) in [6.07, 6.45) is 1.98. The highest BCUT2D eigenvalue weighted by Gasteiger charge is 2.09. The minimum absolute atomic E-state index is 0.414. The van der Waals surface area contributed by atoms with Crippen LogP contribution in [0.2, 0.25) is 0 Å². The molecule has 1 rings (SSSR count). The second-order valence-corrected chi connectivity index (χ2v) is 5.58. The van der Waals surface area contributed by atoms with Crippen LogP contribution in [0.1, 0.15) is 31.1 Å². The number of hydrogen-bond acceptors (Lipinski definition) is 3. The molecule has 1 aromatic heterocycles. The number of nitrogens with one attached hydrogen (secondary N) is 1. The van der Waals surface area contributed by atoms with Crippen LogP contribution in [0, 0.1) is 12.8 Å². The molecule has 0 saturated carbocycles. The molecule has 0 fully saturated rings. The lowest BCUT2D eigenvalue weighted by atomic mass is 10.1. The number of hydrogen-bond donors (Lipinski definition) is 1. The zero-order valence-corrected chi connectivity index (χ0v) is 11.5. The highest BCUT2D eigenvalue weighted by Crippen LogP contribution is 2.19. The maximum absolute atomic E-state index is 4.34. The van der Waals surface area contributed by atoms with Crippen molar-refractivity contribution >= 4 is 11.8 Å². The van der Waals surface area contributed by atoms with Crippen LogP contribution in [0.25, 0.3) is 0 Å². The molecule has 2 nitrogen and oxygen atoms in total. The van der Waals surface area contributed by atoms with Crippen LogP contribution in [0.3, 0.4) is 0 Å². The van der Waals surface area contributed by atoms with Gasteiger partial charge in [0.25, 0.3) is 0 Å². The third kappa shape index (κ3) is 4.54. The molecule has 0 saturated heterocycles. The Balaban J connectivity index is 2.50. The number of pyridine rings is 1. The Morgan fingerprint density at radius 1 is 1.31 bits per heavy atom. The average molecular weight is 238 g/mol. The van der Waals surface area contributed by atoms with Gasteiger partial charge in [-0.1, -0.05) is 19.9 Å². The van der Waals surface area contributed by atoms with Gasteiger partial charge in [0.15, 0.2) is 0 Å². The Hall–Kier alpha value is -0.540. The lowest BCUT2D eigenvalue weighted by molar-refractivity contribution is 0.656. The van der Waals surface area contributed by atoms with Crippen LogP contribution in [0.4, 0.5) is 0 Å². The first kappa shape index (κ1) is 13.5. The summed E-state index contributed by atoms with van der Waals surface area (Å²) < 4.78 is 0. The molecule has 1 atom stereocenters. The predicted octanol–water partition coefficient (Wildman–Crippen LogP) is 3.04. The van der Waals surface area contributed by atoms with Gasteiger partial charge in [0, 0.05) is 23.7 Å². The standard InChI is InChI=1S/C13H22N2S/c1-10(2)8-16-9-13(14-4)12-6-5-11(3)15-7-12/h5-7,10,13-14H,8-9H2,1-4H3. The van der Waals surface area contributed by atoms with Crippen molar-refractivity contribution in [3.8, 4) is 0 Å². The van der Waals surface area contributed by atoms with Crippen LogP contribution in [0.5, 0.6) is 0 Å². The van der Waals surface area contributed by atoms with Gasteiger partial charge in [0.2, 0.25) is 0 Å². The van der Waals surface area contributed by atoms with E-state index in [0.29, 0.717) is 6.04 Å². The fourth-order valence-electron chi connectivity index (χ4n) is 1.45. The molecular weight excluding hydrogens is 216 g/mol. The summed E-state index contributed by atoms with van der Waals surface area (Å²) in [5.41, 5.74) is 2.36. The summed E-state index contributed by atoms with van der Waals surface area (Å²) in [4.78, 5) is 4.34. The minimum Gasteiger partial charge on any atom is -0.312 e. The molecule has 0 aliphatic carbocycles. The van der Waals surface area contributed by atoms with E-state index in [1.807, 2.05) is 31.9 Å². The SMILES string of the molecule is CNC(CSCC(C)C)c1ccc(C)nc1. The Bertz CT molecular complexity index is 295. The van der Waals surface area contributed by atoms with E-state index < -0.39 is 0 Å². The van der Waals surface area contributed by atoms with Gasteiger partial charge >= 0.3 is 0 Å². The number of thioether (sulfide) groups is 1. The molecule has 3 heteroatoms. The van der Waals surface area contributed by atoms with Gasteiger partial charge in [-0.05, 0) is 37.3 Å². The molecule has 0 aliphatic rings. The summed E-state index contributed by atoms with van der Waals surface area (Å²) >= 11 is 2.00. The molecule has 1 unspecified atom stereocenters. The average Bonchev–Trinajstić information content (AvgIpc) is 2.26. The summed E-state index contributed by atoms with van der Waals surface area (Å²) in [7, 11) is 2.01. The van der Waals surface area contributed by atoms with E-state index >= 15 is 0 Å². The lowest BCUT2D eigenvalue weighted by Crippen LogP contribution is -2.19. The van der Waals surface area contributed by atoms with E-state index in [1.165, 1.54) is 11.3 Å². The molecular formula is C13H22N2S. The van der Waals surface area contributed by atoms with Gasteiger partial charge < -0.3 is 5.32 Å². The zero-order valence-electron chi connectivity index (χ0n) is 10.7. The fraction of sp³-hybridized carbons (Fsp3) is 0.615. The predicted molar refractivity (Wildman–Crippen MR) is 72.9 cm³/mol. The topological polar surface area (TPSA) is 24.9 Å². The minimum atomic E-state index is 0.414. The smallest absolute Gasteiger partial charge is 0.0424 e. The second kappa shape index (κ2) is 6.92. The molecule has 1 N–H and O–H groups in total. The van der Waals surface area contributed by atoms with E-state index in [4.69, 9.17) is 0 Å². The summed E-state index contributed by atoms with van der Waals surface area (Å²) in [5, 5.41) is 3.35. The Labute approximate surface area is 103 Å². The number of aromatic nitrogens is 1. The highest BCUT2D eigenvalue weighted by atomic mass is 32.2. The second-order valence-electron chi connectivity index (χ2n) is 4.51. The summed E-state index contributed by atoms with van der Waals surface area (Å²) in [6.45, 7) is 6.54. The van der Waals surface area contributed by atoms with Crippen LogP contribution in [-0.2, 0) is 0 Å². The molecule has 1 aromatic rings. The van der Waals surface area contributed by atoms with E-state index in [0.717, 1.165) is 17.4 Å².